The lowest BCUT2D eigenvalue weighted by atomic mass is 10.2. The van der Waals surface area contributed by atoms with Crippen LogP contribution in [0.2, 0.25) is 15.2 Å². The number of benzene rings is 2. The first kappa shape index (κ1) is 33.7. The van der Waals surface area contributed by atoms with E-state index >= 15 is 0 Å². The van der Waals surface area contributed by atoms with Crippen molar-refractivity contribution in [1.29, 1.82) is 0 Å². The van der Waals surface area contributed by atoms with E-state index in [-0.39, 0.29) is 36.5 Å². The third-order valence-corrected chi connectivity index (χ3v) is 7.58. The molecule has 0 saturated heterocycles. The second kappa shape index (κ2) is 15.1. The van der Waals surface area contributed by atoms with Crippen molar-refractivity contribution >= 4 is 88.0 Å². The predicted octanol–water partition coefficient (Wildman–Crippen LogP) is 6.74. The number of anilines is 2. The van der Waals surface area contributed by atoms with Crippen LogP contribution in [0.1, 0.15) is 30.2 Å². The molecule has 0 fully saturated rings. The minimum Gasteiger partial charge on any atom is -0.485 e. The minimum atomic E-state index is -0.445. The molecule has 2 aromatic carbocycles. The molecule has 2 heterocycles. The molecule has 0 unspecified atom stereocenters. The molecule has 0 aliphatic rings. The molecule has 0 radical (unpaired) electrons. The number of ether oxygens (including phenoxy) is 1. The summed E-state index contributed by atoms with van der Waals surface area (Å²) in [6, 6.07) is 13.8. The van der Waals surface area contributed by atoms with E-state index in [4.69, 9.17) is 39.5 Å². The van der Waals surface area contributed by atoms with Crippen molar-refractivity contribution in [1.82, 2.24) is 14.7 Å². The van der Waals surface area contributed by atoms with E-state index in [2.05, 4.69) is 15.6 Å². The predicted molar refractivity (Wildman–Crippen MR) is 174 cm³/mol. The normalized spacial score (nSPS) is 10.8. The van der Waals surface area contributed by atoms with Gasteiger partial charge in [-0.25, -0.2) is 4.98 Å². The van der Waals surface area contributed by atoms with Crippen LogP contribution in [-0.4, -0.2) is 40.7 Å². The molecule has 4 rings (SSSR count). The lowest BCUT2D eigenvalue weighted by Gasteiger charge is -2.21. The van der Waals surface area contributed by atoms with Crippen molar-refractivity contribution in [3.63, 3.8) is 0 Å². The Balaban J connectivity index is 0.00000506. The molecule has 4 aromatic rings. The van der Waals surface area contributed by atoms with Crippen molar-refractivity contribution in [3.8, 4) is 5.75 Å². The number of fused-ring (bicyclic) bond motifs is 1. The van der Waals surface area contributed by atoms with Gasteiger partial charge in [0, 0.05) is 42.0 Å². The Bertz CT molecular complexity index is 1670. The highest BCUT2D eigenvalue weighted by atomic mass is 35.5. The van der Waals surface area contributed by atoms with E-state index in [9.17, 15) is 14.4 Å². The zero-order chi connectivity index (χ0) is 30.4. The number of amides is 3. The van der Waals surface area contributed by atoms with Gasteiger partial charge in [-0.15, -0.1) is 12.4 Å². The SMILES string of the molecule is CCC(=O)Nc1ccc(C=CC(=O)NCC(=O)N(C)c2ccc(Cl)c(COc3cccn4c(Cl)c(C)nc34)c2Cl)cc1.Cl. The Morgan fingerprint density at radius 2 is 1.79 bits per heavy atom. The highest BCUT2D eigenvalue weighted by Gasteiger charge is 2.20. The third kappa shape index (κ3) is 8.20. The summed E-state index contributed by atoms with van der Waals surface area (Å²) in [5.41, 5.74) is 3.54. The molecule has 226 valence electrons. The standard InChI is InChI=1S/C30H28Cl3N5O4.ClH/c1-4-25(39)36-20-10-7-19(8-11-20)9-14-26(40)34-16-27(41)37(3)23-13-12-22(31)21(28(23)32)17-42-24-6-5-15-38-29(33)18(2)35-30(24)38;/h5-15H,4,16-17H2,1-3H3,(H,34,40)(H,36,39);1H. The molecule has 43 heavy (non-hydrogen) atoms. The van der Waals surface area contributed by atoms with Crippen LogP contribution in [-0.2, 0) is 21.0 Å². The smallest absolute Gasteiger partial charge is 0.246 e. The molecule has 2 aromatic heterocycles. The molecule has 3 amide bonds. The minimum absolute atomic E-state index is 0. The van der Waals surface area contributed by atoms with Gasteiger partial charge in [-0.1, -0.05) is 53.9 Å². The molecular formula is C30H29Cl4N5O4. The Hall–Kier alpha value is -3.76. The average molecular weight is 665 g/mol. The number of nitrogens with one attached hydrogen (secondary N) is 2. The van der Waals surface area contributed by atoms with E-state index in [1.54, 1.807) is 86.1 Å². The Labute approximate surface area is 270 Å². The van der Waals surface area contributed by atoms with Crippen LogP contribution < -0.4 is 20.3 Å². The second-order valence-corrected chi connectivity index (χ2v) is 10.4. The van der Waals surface area contributed by atoms with Gasteiger partial charge in [0.2, 0.25) is 17.7 Å². The van der Waals surface area contributed by atoms with Gasteiger partial charge in [0.15, 0.2) is 11.4 Å². The number of pyridine rings is 1. The summed E-state index contributed by atoms with van der Waals surface area (Å²) in [6.07, 6.45) is 5.10. The Morgan fingerprint density at radius 1 is 1.07 bits per heavy atom. The van der Waals surface area contributed by atoms with Gasteiger partial charge in [0.25, 0.3) is 0 Å². The number of carbonyl (C=O) groups excluding carboxylic acids is 3. The molecule has 0 bridgehead atoms. The number of imidazole rings is 1. The number of carbonyl (C=O) groups is 3. The van der Waals surface area contributed by atoms with Crippen LogP contribution in [0.5, 0.6) is 5.75 Å². The fourth-order valence-electron chi connectivity index (χ4n) is 3.94. The molecule has 0 saturated carbocycles. The fourth-order valence-corrected chi connectivity index (χ4v) is 4.72. The number of aryl methyl sites for hydroxylation is 1. The molecule has 2 N–H and O–H groups in total. The number of nitrogens with zero attached hydrogens (tertiary/aromatic N) is 3. The van der Waals surface area contributed by atoms with Crippen LogP contribution in [0.3, 0.4) is 0 Å². The van der Waals surface area contributed by atoms with E-state index in [0.717, 1.165) is 5.56 Å². The average Bonchev–Trinajstić information content (AvgIpc) is 3.28. The molecule has 13 heteroatoms. The van der Waals surface area contributed by atoms with Gasteiger partial charge < -0.3 is 20.3 Å². The number of rotatable bonds is 10. The number of hydrogen-bond donors (Lipinski definition) is 2. The summed E-state index contributed by atoms with van der Waals surface area (Å²) < 4.78 is 7.72. The summed E-state index contributed by atoms with van der Waals surface area (Å²) in [4.78, 5) is 42.5. The molecule has 0 spiro atoms. The van der Waals surface area contributed by atoms with E-state index < -0.39 is 11.8 Å². The van der Waals surface area contributed by atoms with Crippen molar-refractivity contribution in [2.75, 3.05) is 23.8 Å². The fraction of sp³-hybridized carbons (Fsp3) is 0.200. The largest absolute Gasteiger partial charge is 0.485 e. The van der Waals surface area contributed by atoms with Crippen LogP contribution in [0.25, 0.3) is 11.7 Å². The maximum Gasteiger partial charge on any atom is 0.246 e. The van der Waals surface area contributed by atoms with Gasteiger partial charge >= 0.3 is 0 Å². The molecule has 9 nitrogen and oxygen atoms in total. The third-order valence-electron chi connectivity index (χ3n) is 6.34. The van der Waals surface area contributed by atoms with Crippen molar-refractivity contribution in [2.45, 2.75) is 26.9 Å². The summed E-state index contributed by atoms with van der Waals surface area (Å²) in [6.45, 7) is 3.34. The van der Waals surface area contributed by atoms with Gasteiger partial charge in [-0.05, 0) is 55.0 Å². The van der Waals surface area contributed by atoms with Crippen molar-refractivity contribution in [3.05, 3.63) is 92.8 Å². The quantitative estimate of drug-likeness (QED) is 0.183. The van der Waals surface area contributed by atoms with Crippen LogP contribution in [0.15, 0.2) is 60.8 Å². The van der Waals surface area contributed by atoms with Crippen LogP contribution in [0.4, 0.5) is 11.4 Å². The summed E-state index contributed by atoms with van der Waals surface area (Å²) in [7, 11) is 1.55. The zero-order valence-corrected chi connectivity index (χ0v) is 26.6. The lowest BCUT2D eigenvalue weighted by Crippen LogP contribution is -2.37. The molecule has 0 aliphatic carbocycles. The topological polar surface area (TPSA) is 105 Å². The monoisotopic (exact) mass is 663 g/mol. The van der Waals surface area contributed by atoms with Gasteiger partial charge in [0.05, 0.1) is 22.9 Å². The maximum atomic E-state index is 12.9. The summed E-state index contributed by atoms with van der Waals surface area (Å²) >= 11 is 19.4. The van der Waals surface area contributed by atoms with E-state index in [1.165, 1.54) is 11.0 Å². The van der Waals surface area contributed by atoms with E-state index in [0.29, 0.717) is 50.6 Å². The lowest BCUT2D eigenvalue weighted by molar-refractivity contribution is -0.122. The number of halogens is 4. The second-order valence-electron chi connectivity index (χ2n) is 9.23. The molecule has 0 atom stereocenters. The van der Waals surface area contributed by atoms with Crippen molar-refractivity contribution < 1.29 is 19.1 Å². The first-order valence-electron chi connectivity index (χ1n) is 12.9. The van der Waals surface area contributed by atoms with Gasteiger partial charge in [-0.3, -0.25) is 18.8 Å². The first-order chi connectivity index (χ1) is 20.1. The zero-order valence-electron chi connectivity index (χ0n) is 23.5. The number of likely N-dealkylation sites (N-methyl/N-ethyl adjacent to an activating group) is 1. The summed E-state index contributed by atoms with van der Waals surface area (Å²) in [5, 5.41) is 6.44. The molecular weight excluding hydrogens is 636 g/mol. The maximum absolute atomic E-state index is 12.9. The van der Waals surface area contributed by atoms with Crippen LogP contribution >= 0.6 is 47.2 Å². The molecule has 0 aliphatic heterocycles. The first-order valence-corrected chi connectivity index (χ1v) is 14.1. The Kier molecular flexibility index (Phi) is 11.9. The van der Waals surface area contributed by atoms with E-state index in [1.807, 2.05) is 0 Å². The highest BCUT2D eigenvalue weighted by Crippen LogP contribution is 2.35. The highest BCUT2D eigenvalue weighted by molar-refractivity contribution is 6.38. The van der Waals surface area contributed by atoms with Crippen molar-refractivity contribution in [2.24, 2.45) is 0 Å². The number of hydrogen-bond acceptors (Lipinski definition) is 5. The summed E-state index contributed by atoms with van der Waals surface area (Å²) in [5.74, 6) is -0.429. The number of aromatic nitrogens is 2. The van der Waals surface area contributed by atoms with Crippen LogP contribution in [0, 0.1) is 6.92 Å². The van der Waals surface area contributed by atoms with Gasteiger partial charge in [0.1, 0.15) is 11.8 Å². The Morgan fingerprint density at radius 3 is 2.49 bits per heavy atom. The van der Waals surface area contributed by atoms with Gasteiger partial charge in [-0.2, -0.15) is 0 Å².